The molecule has 3 aromatic heterocycles. The number of imidazole rings is 1. The van der Waals surface area contributed by atoms with E-state index in [0.29, 0.717) is 30.0 Å². The van der Waals surface area contributed by atoms with Crippen molar-refractivity contribution in [2.75, 3.05) is 18.0 Å². The van der Waals surface area contributed by atoms with Crippen LogP contribution in [0.4, 0.5) is 10.1 Å². The highest BCUT2D eigenvalue weighted by molar-refractivity contribution is 5.74. The van der Waals surface area contributed by atoms with E-state index >= 15 is 0 Å². The van der Waals surface area contributed by atoms with Crippen molar-refractivity contribution >= 4 is 11.3 Å². The molecule has 1 saturated heterocycles. The lowest BCUT2D eigenvalue weighted by Gasteiger charge is -2.20. The molecule has 1 fully saturated rings. The fourth-order valence-electron chi connectivity index (χ4n) is 2.99. The zero-order valence-electron chi connectivity index (χ0n) is 12.9. The number of aromatic amines is 2. The summed E-state index contributed by atoms with van der Waals surface area (Å²) in [6.45, 7) is 2.38. The second kappa shape index (κ2) is 5.02. The van der Waals surface area contributed by atoms with Gasteiger partial charge in [0.2, 0.25) is 0 Å². The third-order valence-electron chi connectivity index (χ3n) is 4.20. The molecule has 24 heavy (non-hydrogen) atoms. The van der Waals surface area contributed by atoms with Gasteiger partial charge in [0.25, 0.3) is 5.56 Å². The second-order valence-electron chi connectivity index (χ2n) is 6.18. The molecule has 8 nitrogen and oxygen atoms in total. The number of hydrogen-bond acceptors (Lipinski definition) is 5. The number of fused-ring (bicyclic) bond motifs is 1. The van der Waals surface area contributed by atoms with Gasteiger partial charge in [-0.2, -0.15) is 5.10 Å². The van der Waals surface area contributed by atoms with Crippen molar-refractivity contribution in [2.24, 2.45) is 0 Å². The van der Waals surface area contributed by atoms with Gasteiger partial charge < -0.3 is 9.88 Å². The molecule has 124 valence electrons. The van der Waals surface area contributed by atoms with E-state index in [0.717, 1.165) is 0 Å². The van der Waals surface area contributed by atoms with Gasteiger partial charge in [0, 0.05) is 31.6 Å². The van der Waals surface area contributed by atoms with Gasteiger partial charge in [0.15, 0.2) is 5.65 Å². The van der Waals surface area contributed by atoms with Gasteiger partial charge in [-0.1, -0.05) is 0 Å². The summed E-state index contributed by atoms with van der Waals surface area (Å²) in [4.78, 5) is 34.0. The number of nitrogens with one attached hydrogen (secondary N) is 2. The smallest absolute Gasteiger partial charge is 0.325 e. The Bertz CT molecular complexity index is 1030. The van der Waals surface area contributed by atoms with E-state index in [1.165, 1.54) is 6.20 Å². The van der Waals surface area contributed by atoms with Crippen LogP contribution in [0.2, 0.25) is 0 Å². The summed E-state index contributed by atoms with van der Waals surface area (Å²) in [5.74, 6) is 0. The van der Waals surface area contributed by atoms with Crippen LogP contribution in [0.15, 0.2) is 34.2 Å². The summed E-state index contributed by atoms with van der Waals surface area (Å²) in [6.07, 6.45) is 5.00. The molecule has 1 aliphatic rings. The largest absolute Gasteiger partial charge is 0.365 e. The third kappa shape index (κ3) is 2.38. The third-order valence-corrected chi connectivity index (χ3v) is 4.20. The van der Waals surface area contributed by atoms with Crippen LogP contribution >= 0.6 is 0 Å². The van der Waals surface area contributed by atoms with Gasteiger partial charge in [-0.05, 0) is 13.0 Å². The standard InChI is InChI=1S/C15H15FN6O2/c1-15(16)2-4-21(8-15)11-6-10(20-22-5-3-17-12(11)22)9-7-18-14(24)19-13(9)23/h3,5-7H,2,4,8H2,1H3,(H2,18,19,23,24)/t15-/m0/s1. The van der Waals surface area contributed by atoms with Crippen LogP contribution in [0.3, 0.4) is 0 Å². The van der Waals surface area contributed by atoms with Crippen molar-refractivity contribution in [2.45, 2.75) is 19.0 Å². The van der Waals surface area contributed by atoms with E-state index in [1.807, 2.05) is 4.90 Å². The van der Waals surface area contributed by atoms with E-state index in [2.05, 4.69) is 20.1 Å². The van der Waals surface area contributed by atoms with Crippen molar-refractivity contribution in [3.05, 3.63) is 45.5 Å². The molecule has 3 aromatic rings. The predicted molar refractivity (Wildman–Crippen MR) is 86.0 cm³/mol. The fourth-order valence-corrected chi connectivity index (χ4v) is 2.99. The number of rotatable bonds is 2. The highest BCUT2D eigenvalue weighted by Gasteiger charge is 2.34. The number of aromatic nitrogens is 5. The summed E-state index contributed by atoms with van der Waals surface area (Å²) in [6, 6.07) is 1.70. The quantitative estimate of drug-likeness (QED) is 0.721. The molecular weight excluding hydrogens is 315 g/mol. The summed E-state index contributed by atoms with van der Waals surface area (Å²) in [5, 5.41) is 4.36. The van der Waals surface area contributed by atoms with Crippen molar-refractivity contribution < 1.29 is 4.39 Å². The monoisotopic (exact) mass is 330 g/mol. The molecule has 4 rings (SSSR count). The maximum atomic E-state index is 14.2. The van der Waals surface area contributed by atoms with E-state index in [4.69, 9.17) is 0 Å². The van der Waals surface area contributed by atoms with E-state index in [9.17, 15) is 14.0 Å². The summed E-state index contributed by atoms with van der Waals surface area (Å²) in [5.41, 5.74) is -0.472. The van der Waals surface area contributed by atoms with Gasteiger partial charge in [-0.25, -0.2) is 18.7 Å². The zero-order valence-corrected chi connectivity index (χ0v) is 12.9. The number of H-pyrrole nitrogens is 2. The molecule has 0 aromatic carbocycles. The van der Waals surface area contributed by atoms with Crippen molar-refractivity contribution in [1.82, 2.24) is 24.6 Å². The van der Waals surface area contributed by atoms with Crippen LogP contribution in [0, 0.1) is 0 Å². The Balaban J connectivity index is 1.89. The highest BCUT2D eigenvalue weighted by Crippen LogP contribution is 2.32. The maximum Gasteiger partial charge on any atom is 0.325 e. The molecule has 0 bridgehead atoms. The first-order valence-electron chi connectivity index (χ1n) is 7.54. The first-order chi connectivity index (χ1) is 11.4. The Morgan fingerprint density at radius 3 is 2.92 bits per heavy atom. The Morgan fingerprint density at radius 2 is 2.21 bits per heavy atom. The van der Waals surface area contributed by atoms with E-state index < -0.39 is 16.9 Å². The lowest BCUT2D eigenvalue weighted by Crippen LogP contribution is -2.27. The van der Waals surface area contributed by atoms with Gasteiger partial charge >= 0.3 is 5.69 Å². The van der Waals surface area contributed by atoms with Crippen molar-refractivity contribution in [3.8, 4) is 11.3 Å². The molecule has 0 aliphatic carbocycles. The number of anilines is 1. The fraction of sp³-hybridized carbons (Fsp3) is 0.333. The van der Waals surface area contributed by atoms with Crippen LogP contribution in [0.1, 0.15) is 13.3 Å². The summed E-state index contributed by atoms with van der Waals surface area (Å²) in [7, 11) is 0. The molecule has 0 radical (unpaired) electrons. The topological polar surface area (TPSA) is 99.2 Å². The minimum Gasteiger partial charge on any atom is -0.365 e. The lowest BCUT2D eigenvalue weighted by atomic mass is 10.1. The molecule has 0 spiro atoms. The summed E-state index contributed by atoms with van der Waals surface area (Å²) >= 11 is 0. The van der Waals surface area contributed by atoms with E-state index in [1.54, 1.807) is 29.9 Å². The van der Waals surface area contributed by atoms with Gasteiger partial charge in [-0.15, -0.1) is 0 Å². The zero-order chi connectivity index (χ0) is 16.9. The molecular formula is C15H15FN6O2. The van der Waals surface area contributed by atoms with Crippen LogP contribution < -0.4 is 16.1 Å². The van der Waals surface area contributed by atoms with Gasteiger partial charge in [-0.3, -0.25) is 9.78 Å². The molecule has 2 N–H and O–H groups in total. The number of nitrogens with zero attached hydrogens (tertiary/aromatic N) is 4. The molecule has 9 heteroatoms. The van der Waals surface area contributed by atoms with Crippen molar-refractivity contribution in [1.29, 1.82) is 0 Å². The van der Waals surface area contributed by atoms with Gasteiger partial charge in [0.05, 0.1) is 17.8 Å². The lowest BCUT2D eigenvalue weighted by molar-refractivity contribution is 0.221. The molecule has 1 atom stereocenters. The summed E-state index contributed by atoms with van der Waals surface area (Å²) < 4.78 is 15.8. The van der Waals surface area contributed by atoms with Crippen LogP contribution in [-0.4, -0.2) is 43.3 Å². The molecule has 1 aliphatic heterocycles. The minimum absolute atomic E-state index is 0.230. The average Bonchev–Trinajstić information content (AvgIpc) is 3.12. The molecule has 0 unspecified atom stereocenters. The van der Waals surface area contributed by atoms with Crippen LogP contribution in [-0.2, 0) is 0 Å². The average molecular weight is 330 g/mol. The molecule has 4 heterocycles. The van der Waals surface area contributed by atoms with Crippen LogP contribution in [0.25, 0.3) is 16.9 Å². The molecule has 0 amide bonds. The Morgan fingerprint density at radius 1 is 1.38 bits per heavy atom. The molecule has 0 saturated carbocycles. The van der Waals surface area contributed by atoms with Crippen molar-refractivity contribution in [3.63, 3.8) is 0 Å². The van der Waals surface area contributed by atoms with E-state index in [-0.39, 0.29) is 12.1 Å². The Hall–Kier alpha value is -2.97. The first kappa shape index (κ1) is 14.6. The first-order valence-corrected chi connectivity index (χ1v) is 7.54. The second-order valence-corrected chi connectivity index (χ2v) is 6.18. The van der Waals surface area contributed by atoms with Gasteiger partial charge in [0.1, 0.15) is 11.4 Å². The Labute approximate surface area is 135 Å². The van der Waals surface area contributed by atoms with Crippen LogP contribution in [0.5, 0.6) is 0 Å². The minimum atomic E-state index is -1.26. The highest BCUT2D eigenvalue weighted by atomic mass is 19.1. The number of hydrogen-bond donors (Lipinski definition) is 2. The number of halogens is 1. The SMILES string of the molecule is C[C@]1(F)CCN(c2cc(-c3c[nH]c(=O)[nH]c3=O)nn3ccnc23)C1. The Kier molecular flexibility index (Phi) is 3.05. The normalized spacial score (nSPS) is 20.8. The maximum absolute atomic E-state index is 14.2. The number of alkyl halides is 1. The predicted octanol–water partition coefficient (Wildman–Crippen LogP) is 0.711.